The highest BCUT2D eigenvalue weighted by Gasteiger charge is 2.24. The predicted molar refractivity (Wildman–Crippen MR) is 226 cm³/mol. The zero-order chi connectivity index (χ0) is 38.5. The summed E-state index contributed by atoms with van der Waals surface area (Å²) < 4.78 is 2.38. The number of nitrogens with zero attached hydrogens (tertiary/aromatic N) is 3. The van der Waals surface area contributed by atoms with Gasteiger partial charge in [0.05, 0.1) is 0 Å². The van der Waals surface area contributed by atoms with E-state index in [1.165, 1.54) is 44.1 Å². The molecule has 1 heterocycles. The van der Waals surface area contributed by atoms with Gasteiger partial charge in [-0.25, -0.2) is 0 Å². The fourth-order valence-corrected chi connectivity index (χ4v) is 8.05. The van der Waals surface area contributed by atoms with E-state index in [1.807, 2.05) is 48.5 Å². The second-order valence-electron chi connectivity index (χ2n) is 14.6. The predicted octanol–water partition coefficient (Wildman–Crippen LogP) is 6.70. The van der Waals surface area contributed by atoms with Crippen molar-refractivity contribution in [3.05, 3.63) is 179 Å². The maximum atomic E-state index is 10.2. The van der Waals surface area contributed by atoms with Crippen molar-refractivity contribution in [2.24, 2.45) is 0 Å². The SMILES string of the molecule is CCn1c2ccc(CN(Cc3ccccc3B(O)O)C(C)c3ccccc3)cc2c2cc(CN(Cc3ccccc3B(O)O)C(C)c3ccccc3)ccc21. The molecular weight excluding hydrogens is 680 g/mol. The molecule has 4 N–H and O–H groups in total. The van der Waals surface area contributed by atoms with Crippen LogP contribution in [-0.4, -0.2) is 48.7 Å². The summed E-state index contributed by atoms with van der Waals surface area (Å²) in [4.78, 5) is 4.79. The topological polar surface area (TPSA) is 92.3 Å². The van der Waals surface area contributed by atoms with Gasteiger partial charge in [-0.05, 0) is 89.3 Å². The normalized spacial score (nSPS) is 12.8. The number of aryl methyl sites for hydroxylation is 1. The Kier molecular flexibility index (Phi) is 12.0. The lowest BCUT2D eigenvalue weighted by atomic mass is 9.77. The van der Waals surface area contributed by atoms with Crippen LogP contribution in [0.25, 0.3) is 21.8 Å². The largest absolute Gasteiger partial charge is 0.488 e. The van der Waals surface area contributed by atoms with Gasteiger partial charge in [0.15, 0.2) is 0 Å². The Morgan fingerprint density at radius 1 is 0.491 bits per heavy atom. The van der Waals surface area contributed by atoms with Crippen LogP contribution in [0.1, 0.15) is 66.2 Å². The first kappa shape index (κ1) is 38.3. The summed E-state index contributed by atoms with van der Waals surface area (Å²) in [6.45, 7) is 9.88. The van der Waals surface area contributed by atoms with E-state index < -0.39 is 14.2 Å². The van der Waals surface area contributed by atoms with Crippen molar-refractivity contribution in [2.45, 2.75) is 65.6 Å². The van der Waals surface area contributed by atoms with Crippen LogP contribution in [0.4, 0.5) is 0 Å². The summed E-state index contributed by atoms with van der Waals surface area (Å²) in [5.74, 6) is 0. The number of fused-ring (bicyclic) bond motifs is 3. The molecule has 0 fully saturated rings. The molecule has 6 aromatic carbocycles. The van der Waals surface area contributed by atoms with Crippen molar-refractivity contribution in [3.63, 3.8) is 0 Å². The van der Waals surface area contributed by atoms with Crippen LogP contribution in [0.15, 0.2) is 146 Å². The zero-order valence-electron chi connectivity index (χ0n) is 31.8. The van der Waals surface area contributed by atoms with Crippen LogP contribution in [0.5, 0.6) is 0 Å². The lowest BCUT2D eigenvalue weighted by Gasteiger charge is -2.31. The third kappa shape index (κ3) is 8.48. The first-order valence-corrected chi connectivity index (χ1v) is 19.2. The van der Waals surface area contributed by atoms with Crippen molar-refractivity contribution in [2.75, 3.05) is 0 Å². The molecule has 55 heavy (non-hydrogen) atoms. The van der Waals surface area contributed by atoms with Gasteiger partial charge in [-0.15, -0.1) is 0 Å². The van der Waals surface area contributed by atoms with Gasteiger partial charge in [-0.3, -0.25) is 9.80 Å². The average molecular weight is 730 g/mol. The molecule has 0 aliphatic carbocycles. The van der Waals surface area contributed by atoms with Crippen LogP contribution >= 0.6 is 0 Å². The molecule has 0 aliphatic heterocycles. The van der Waals surface area contributed by atoms with Crippen LogP contribution < -0.4 is 10.9 Å². The molecule has 7 nitrogen and oxygen atoms in total. The molecule has 9 heteroatoms. The molecule has 278 valence electrons. The van der Waals surface area contributed by atoms with Gasteiger partial charge in [0.25, 0.3) is 0 Å². The van der Waals surface area contributed by atoms with Crippen LogP contribution in [0.3, 0.4) is 0 Å². The summed E-state index contributed by atoms with van der Waals surface area (Å²) in [6, 6.07) is 49.7. The Labute approximate surface area is 325 Å². The third-order valence-electron chi connectivity index (χ3n) is 11.2. The molecule has 7 aromatic rings. The molecule has 0 bridgehead atoms. The van der Waals surface area contributed by atoms with Crippen LogP contribution in [0.2, 0.25) is 0 Å². The molecular formula is C46H49B2N3O4. The fourth-order valence-electron chi connectivity index (χ4n) is 8.05. The van der Waals surface area contributed by atoms with Crippen molar-refractivity contribution in [3.8, 4) is 0 Å². The Balaban J connectivity index is 1.26. The minimum Gasteiger partial charge on any atom is -0.423 e. The number of rotatable bonds is 15. The lowest BCUT2D eigenvalue weighted by molar-refractivity contribution is 0.192. The Morgan fingerprint density at radius 3 is 1.25 bits per heavy atom. The molecule has 0 saturated heterocycles. The fraction of sp³-hybridized carbons (Fsp3) is 0.217. The number of aromatic nitrogens is 1. The van der Waals surface area contributed by atoms with Crippen molar-refractivity contribution < 1.29 is 20.1 Å². The van der Waals surface area contributed by atoms with E-state index in [-0.39, 0.29) is 12.1 Å². The maximum Gasteiger partial charge on any atom is 0.488 e. The average Bonchev–Trinajstić information content (AvgIpc) is 3.52. The van der Waals surface area contributed by atoms with Crippen molar-refractivity contribution >= 4 is 47.0 Å². The van der Waals surface area contributed by atoms with Gasteiger partial charge >= 0.3 is 14.2 Å². The Hall–Kier alpha value is -4.99. The van der Waals surface area contributed by atoms with E-state index in [0.29, 0.717) is 37.1 Å². The van der Waals surface area contributed by atoms with Gasteiger partial charge in [-0.1, -0.05) is 121 Å². The van der Waals surface area contributed by atoms with Gasteiger partial charge in [0.2, 0.25) is 0 Å². The molecule has 0 spiro atoms. The molecule has 7 rings (SSSR count). The Morgan fingerprint density at radius 2 is 0.873 bits per heavy atom. The van der Waals surface area contributed by atoms with Gasteiger partial charge in [-0.2, -0.15) is 0 Å². The highest BCUT2D eigenvalue weighted by molar-refractivity contribution is 6.59. The van der Waals surface area contributed by atoms with E-state index in [4.69, 9.17) is 0 Å². The highest BCUT2D eigenvalue weighted by atomic mass is 16.4. The smallest absolute Gasteiger partial charge is 0.423 e. The maximum absolute atomic E-state index is 10.2. The van der Waals surface area contributed by atoms with E-state index in [1.54, 1.807) is 12.1 Å². The number of benzene rings is 6. The molecule has 0 saturated carbocycles. The van der Waals surface area contributed by atoms with Gasteiger partial charge in [0.1, 0.15) is 0 Å². The summed E-state index contributed by atoms with van der Waals surface area (Å²) >= 11 is 0. The number of hydrogen-bond acceptors (Lipinski definition) is 6. The van der Waals surface area contributed by atoms with Gasteiger partial charge in [0, 0.05) is 66.6 Å². The van der Waals surface area contributed by atoms with E-state index in [0.717, 1.165) is 17.7 Å². The molecule has 0 radical (unpaired) electrons. The summed E-state index contributed by atoms with van der Waals surface area (Å²) in [7, 11) is -3.09. The first-order chi connectivity index (χ1) is 26.7. The molecule has 2 atom stereocenters. The zero-order valence-corrected chi connectivity index (χ0v) is 31.8. The van der Waals surface area contributed by atoms with Crippen molar-refractivity contribution in [1.29, 1.82) is 0 Å². The van der Waals surface area contributed by atoms with Crippen LogP contribution in [-0.2, 0) is 32.7 Å². The van der Waals surface area contributed by atoms with E-state index >= 15 is 0 Å². The first-order valence-electron chi connectivity index (χ1n) is 19.2. The highest BCUT2D eigenvalue weighted by Crippen LogP contribution is 2.34. The second kappa shape index (κ2) is 17.2. The molecule has 0 amide bonds. The molecule has 1 aromatic heterocycles. The van der Waals surface area contributed by atoms with Crippen molar-refractivity contribution in [1.82, 2.24) is 14.4 Å². The van der Waals surface area contributed by atoms with Crippen LogP contribution in [0, 0.1) is 0 Å². The minimum absolute atomic E-state index is 0.0686. The standard InChI is InChI=1S/C46H49B2N3O4/c1-4-51-45-25-23-35(29-49(33(2)37-15-7-5-8-16-37)31-39-19-11-13-21-43(39)47(52)53)27-41(45)42-28-36(24-26-46(42)51)30-50(34(3)38-17-9-6-10-18-38)32-40-20-12-14-22-44(40)48(54)55/h5-28,33-34,52-55H,4,29-32H2,1-3H3. The number of hydrogen-bond donors (Lipinski definition) is 4. The Bertz CT molecular complexity index is 2190. The van der Waals surface area contributed by atoms with E-state index in [2.05, 4.69) is 120 Å². The lowest BCUT2D eigenvalue weighted by Crippen LogP contribution is -2.36. The van der Waals surface area contributed by atoms with Gasteiger partial charge < -0.3 is 24.7 Å². The second-order valence-corrected chi connectivity index (χ2v) is 14.6. The summed E-state index contributed by atoms with van der Waals surface area (Å²) in [5, 5.41) is 43.2. The summed E-state index contributed by atoms with van der Waals surface area (Å²) in [6.07, 6.45) is 0. The summed E-state index contributed by atoms with van der Waals surface area (Å²) in [5.41, 5.74) is 9.95. The van der Waals surface area contributed by atoms with E-state index in [9.17, 15) is 20.1 Å². The third-order valence-corrected chi connectivity index (χ3v) is 11.2. The molecule has 0 aliphatic rings. The monoisotopic (exact) mass is 729 g/mol. The quantitative estimate of drug-likeness (QED) is 0.0879. The minimum atomic E-state index is -1.54. The molecule has 2 unspecified atom stereocenters.